The van der Waals surface area contributed by atoms with Crippen LogP contribution in [-0.2, 0) is 17.5 Å². The van der Waals surface area contributed by atoms with Gasteiger partial charge in [-0.1, -0.05) is 0 Å². The number of nitrogens with zero attached hydrogens (tertiary/aromatic N) is 4. The SMILES string of the molecule is CN1C2CC(C2)[C@H]1C(=O)NCc1cc(-c2cnc(C(F)(F)F)nc2)c(F)cn1. The second kappa shape index (κ2) is 6.77. The Kier molecular flexibility index (Phi) is 4.53. The van der Waals surface area contributed by atoms with Gasteiger partial charge >= 0.3 is 6.18 Å². The third-order valence-corrected chi connectivity index (χ3v) is 5.45. The number of carbonyl (C=O) groups is 1. The summed E-state index contributed by atoms with van der Waals surface area (Å²) in [6.07, 6.45) is 0.184. The minimum absolute atomic E-state index is 0.0215. The van der Waals surface area contributed by atoms with Crippen molar-refractivity contribution in [1.29, 1.82) is 0 Å². The summed E-state index contributed by atoms with van der Waals surface area (Å²) in [5.74, 6) is -1.74. The van der Waals surface area contributed by atoms with Crippen molar-refractivity contribution in [3.05, 3.63) is 42.0 Å². The van der Waals surface area contributed by atoms with Crippen molar-refractivity contribution < 1.29 is 22.4 Å². The van der Waals surface area contributed by atoms with Gasteiger partial charge in [-0.2, -0.15) is 13.2 Å². The van der Waals surface area contributed by atoms with Crippen molar-refractivity contribution >= 4 is 5.91 Å². The zero-order valence-corrected chi connectivity index (χ0v) is 14.9. The lowest BCUT2D eigenvalue weighted by molar-refractivity contribution is -0.145. The molecule has 1 saturated carbocycles. The molecule has 2 bridgehead atoms. The quantitative estimate of drug-likeness (QED) is 0.806. The molecule has 0 radical (unpaired) electrons. The predicted octanol–water partition coefficient (Wildman–Crippen LogP) is 2.41. The first kappa shape index (κ1) is 18.7. The van der Waals surface area contributed by atoms with Crippen LogP contribution in [0.3, 0.4) is 0 Å². The normalized spacial score (nSPS) is 24.1. The smallest absolute Gasteiger partial charge is 0.349 e. The molecule has 3 fully saturated rings. The molecule has 0 spiro atoms. The van der Waals surface area contributed by atoms with Crippen molar-refractivity contribution in [1.82, 2.24) is 25.2 Å². The monoisotopic (exact) mass is 395 g/mol. The van der Waals surface area contributed by atoms with E-state index in [0.29, 0.717) is 17.7 Å². The summed E-state index contributed by atoms with van der Waals surface area (Å²) in [7, 11) is 1.93. The molecule has 1 aliphatic carbocycles. The Morgan fingerprint density at radius 2 is 1.89 bits per heavy atom. The molecule has 1 N–H and O–H groups in total. The minimum atomic E-state index is -4.67. The molecule has 2 aromatic rings. The number of hydrogen-bond acceptors (Lipinski definition) is 5. The van der Waals surface area contributed by atoms with E-state index in [-0.39, 0.29) is 29.6 Å². The van der Waals surface area contributed by atoms with E-state index in [9.17, 15) is 22.4 Å². The molecule has 6 nitrogen and oxygen atoms in total. The maximum atomic E-state index is 14.1. The fourth-order valence-electron chi connectivity index (χ4n) is 3.87. The Morgan fingerprint density at radius 1 is 1.21 bits per heavy atom. The molecule has 1 amide bonds. The maximum Gasteiger partial charge on any atom is 0.451 e. The average molecular weight is 395 g/mol. The molecule has 0 unspecified atom stereocenters. The van der Waals surface area contributed by atoms with Crippen LogP contribution in [-0.4, -0.2) is 44.9 Å². The summed E-state index contributed by atoms with van der Waals surface area (Å²) in [6.45, 7) is 0.0926. The number of aromatic nitrogens is 3. The first-order valence-corrected chi connectivity index (χ1v) is 8.77. The molecule has 2 aliphatic heterocycles. The van der Waals surface area contributed by atoms with Crippen LogP contribution in [0.1, 0.15) is 24.4 Å². The molecule has 4 heterocycles. The average Bonchev–Trinajstić information content (AvgIpc) is 3.11. The predicted molar refractivity (Wildman–Crippen MR) is 90.1 cm³/mol. The molecule has 5 rings (SSSR count). The molecule has 28 heavy (non-hydrogen) atoms. The van der Waals surface area contributed by atoms with E-state index in [2.05, 4.69) is 25.2 Å². The molecule has 0 aromatic carbocycles. The lowest BCUT2D eigenvalue weighted by atomic mass is 9.83. The third-order valence-electron chi connectivity index (χ3n) is 5.45. The van der Waals surface area contributed by atoms with Gasteiger partial charge in [0.25, 0.3) is 0 Å². The lowest BCUT2D eigenvalue weighted by Gasteiger charge is -2.22. The second-order valence-corrected chi connectivity index (χ2v) is 7.16. The highest BCUT2D eigenvalue weighted by Crippen LogP contribution is 2.44. The summed E-state index contributed by atoms with van der Waals surface area (Å²) >= 11 is 0. The second-order valence-electron chi connectivity index (χ2n) is 7.16. The summed E-state index contributed by atoms with van der Waals surface area (Å²) in [6, 6.07) is 1.68. The Balaban J connectivity index is 1.47. The van der Waals surface area contributed by atoms with Crippen molar-refractivity contribution in [2.75, 3.05) is 7.05 Å². The number of pyridine rings is 1. The van der Waals surface area contributed by atoms with Gasteiger partial charge in [-0.25, -0.2) is 14.4 Å². The number of nitrogens with one attached hydrogen (secondary N) is 1. The summed E-state index contributed by atoms with van der Waals surface area (Å²) in [5.41, 5.74) is 0.502. The number of carbonyl (C=O) groups excluding carboxylic acids is 1. The van der Waals surface area contributed by atoms with Gasteiger partial charge in [0, 0.05) is 29.6 Å². The van der Waals surface area contributed by atoms with Gasteiger partial charge < -0.3 is 5.32 Å². The van der Waals surface area contributed by atoms with Crippen LogP contribution >= 0.6 is 0 Å². The fourth-order valence-corrected chi connectivity index (χ4v) is 3.87. The van der Waals surface area contributed by atoms with E-state index in [1.54, 1.807) is 0 Å². The van der Waals surface area contributed by atoms with E-state index >= 15 is 0 Å². The Hall–Kier alpha value is -2.62. The van der Waals surface area contributed by atoms with Gasteiger partial charge in [0.15, 0.2) is 0 Å². The summed E-state index contributed by atoms with van der Waals surface area (Å²) in [4.78, 5) is 24.9. The Labute approximate surface area is 158 Å². The summed E-state index contributed by atoms with van der Waals surface area (Å²) < 4.78 is 51.8. The van der Waals surface area contributed by atoms with Crippen LogP contribution < -0.4 is 5.32 Å². The van der Waals surface area contributed by atoms with Crippen LogP contribution in [0, 0.1) is 11.7 Å². The van der Waals surface area contributed by atoms with Crippen LogP contribution in [0.5, 0.6) is 0 Å². The highest BCUT2D eigenvalue weighted by molar-refractivity contribution is 5.83. The van der Waals surface area contributed by atoms with Crippen molar-refractivity contribution in [2.45, 2.75) is 37.6 Å². The molecular weight excluding hydrogens is 378 g/mol. The van der Waals surface area contributed by atoms with Gasteiger partial charge in [0.05, 0.1) is 24.5 Å². The standard InChI is InChI=1S/C18H17F4N5O/c1-27-12-2-9(3-12)15(27)16(28)24-7-11-4-13(14(19)8-23-11)10-5-25-17(26-6-10)18(20,21)22/h4-6,8-9,12,15H,2-3,7H2,1H3,(H,24,28)/t9?,12?,15-/m0/s1. The molecule has 3 aliphatic rings. The van der Waals surface area contributed by atoms with Crippen LogP contribution in [0.2, 0.25) is 0 Å². The van der Waals surface area contributed by atoms with Gasteiger partial charge in [0.2, 0.25) is 11.7 Å². The summed E-state index contributed by atoms with van der Waals surface area (Å²) in [5, 5.41) is 2.81. The van der Waals surface area contributed by atoms with Gasteiger partial charge in [-0.3, -0.25) is 14.7 Å². The maximum absolute atomic E-state index is 14.1. The minimum Gasteiger partial charge on any atom is -0.349 e. The van der Waals surface area contributed by atoms with Crippen molar-refractivity contribution in [3.63, 3.8) is 0 Å². The van der Waals surface area contributed by atoms with Crippen LogP contribution in [0.25, 0.3) is 11.1 Å². The molecule has 2 aromatic heterocycles. The van der Waals surface area contributed by atoms with Crippen LogP contribution in [0.4, 0.5) is 17.6 Å². The topological polar surface area (TPSA) is 71.0 Å². The van der Waals surface area contributed by atoms with E-state index in [1.165, 1.54) is 6.07 Å². The van der Waals surface area contributed by atoms with E-state index in [1.807, 2.05) is 7.05 Å². The Bertz CT molecular complexity index is 896. The molecule has 148 valence electrons. The molecule has 1 atom stereocenters. The number of amides is 1. The number of alkyl halides is 3. The molecule has 10 heteroatoms. The van der Waals surface area contributed by atoms with Crippen LogP contribution in [0.15, 0.2) is 24.7 Å². The van der Waals surface area contributed by atoms with E-state index < -0.39 is 17.8 Å². The fraction of sp³-hybridized carbons (Fsp3) is 0.444. The van der Waals surface area contributed by atoms with Gasteiger partial charge in [-0.15, -0.1) is 0 Å². The molecule has 2 saturated heterocycles. The highest BCUT2D eigenvalue weighted by atomic mass is 19.4. The van der Waals surface area contributed by atoms with E-state index in [0.717, 1.165) is 31.4 Å². The number of fused-ring (bicyclic) bond motifs is 1. The largest absolute Gasteiger partial charge is 0.451 e. The number of halogens is 4. The first-order chi connectivity index (χ1) is 13.2. The van der Waals surface area contributed by atoms with Crippen molar-refractivity contribution in [3.8, 4) is 11.1 Å². The van der Waals surface area contributed by atoms with Gasteiger partial charge in [-0.05, 0) is 31.9 Å². The first-order valence-electron chi connectivity index (χ1n) is 8.77. The third kappa shape index (κ3) is 3.32. The van der Waals surface area contributed by atoms with Crippen molar-refractivity contribution in [2.24, 2.45) is 5.92 Å². The zero-order chi connectivity index (χ0) is 20.1. The zero-order valence-electron chi connectivity index (χ0n) is 14.9. The number of rotatable bonds is 4. The highest BCUT2D eigenvalue weighted by Gasteiger charge is 2.51. The lowest BCUT2D eigenvalue weighted by Crippen LogP contribution is -2.41. The number of likely N-dealkylation sites (N-methyl/N-ethyl adjacent to an activating group) is 1. The van der Waals surface area contributed by atoms with E-state index in [4.69, 9.17) is 0 Å². The number of hydrogen-bond donors (Lipinski definition) is 1. The van der Waals surface area contributed by atoms with Gasteiger partial charge in [0.1, 0.15) is 5.82 Å². The molecular formula is C18H17F4N5O. The Morgan fingerprint density at radius 3 is 2.46 bits per heavy atom.